The van der Waals surface area contributed by atoms with Gasteiger partial charge in [-0.3, -0.25) is 9.69 Å². The van der Waals surface area contributed by atoms with Crippen molar-refractivity contribution < 1.29 is 18.0 Å². The van der Waals surface area contributed by atoms with Gasteiger partial charge < -0.3 is 10.2 Å². The molecule has 1 amide bonds. The lowest BCUT2D eigenvalue weighted by Crippen LogP contribution is -2.46. The molecular formula is C36H38ClF3N4O. The maximum absolute atomic E-state index is 14.3. The Morgan fingerprint density at radius 2 is 1.67 bits per heavy atom. The zero-order chi connectivity index (χ0) is 31.6. The minimum absolute atomic E-state index is 0.300. The Balaban J connectivity index is 1.43. The van der Waals surface area contributed by atoms with Crippen molar-refractivity contribution in [3.05, 3.63) is 100 Å². The molecule has 45 heavy (non-hydrogen) atoms. The summed E-state index contributed by atoms with van der Waals surface area (Å²) >= 11 is 6.64. The van der Waals surface area contributed by atoms with E-state index in [0.717, 1.165) is 56.7 Å². The third-order valence-corrected chi connectivity index (χ3v) is 9.56. The maximum Gasteiger partial charge on any atom is 0.416 e. The van der Waals surface area contributed by atoms with Gasteiger partial charge in [0, 0.05) is 29.1 Å². The molecule has 0 aliphatic carbocycles. The molecule has 4 aromatic rings. The summed E-state index contributed by atoms with van der Waals surface area (Å²) in [5.74, 6) is -0.313. The monoisotopic (exact) mass is 634 g/mol. The highest BCUT2D eigenvalue weighted by molar-refractivity contribution is 6.35. The molecule has 1 N–H and O–H groups in total. The zero-order valence-electron chi connectivity index (χ0n) is 25.4. The van der Waals surface area contributed by atoms with Crippen molar-refractivity contribution in [2.24, 2.45) is 0 Å². The number of alkyl halides is 3. The van der Waals surface area contributed by atoms with Gasteiger partial charge in [-0.2, -0.15) is 13.2 Å². The van der Waals surface area contributed by atoms with E-state index >= 15 is 0 Å². The first kappa shape index (κ1) is 31.5. The molecule has 2 fully saturated rings. The molecule has 2 aliphatic heterocycles. The number of pyridine rings is 1. The number of fused-ring (bicyclic) bond motifs is 1. The normalized spacial score (nSPS) is 17.8. The number of carbonyl (C=O) groups excluding carboxylic acids is 1. The summed E-state index contributed by atoms with van der Waals surface area (Å²) in [7, 11) is 0. The number of aromatic nitrogens is 1. The minimum Gasteiger partial charge on any atom is -0.345 e. The fraction of sp³-hybridized carbons (Fsp3) is 0.389. The number of hydrogen-bond donors (Lipinski definition) is 1. The Morgan fingerprint density at radius 3 is 2.38 bits per heavy atom. The van der Waals surface area contributed by atoms with Crippen LogP contribution >= 0.6 is 11.6 Å². The third kappa shape index (κ3) is 7.03. The SMILES string of the molecule is C[C@H](NC(=O)c1c(CN2CCC(N3CCCCC3)CC2)c(-c2cccc(C(F)(F)F)c2)nc2c(Cl)cccc12)c1ccccc1. The van der Waals surface area contributed by atoms with Gasteiger partial charge in [-0.15, -0.1) is 0 Å². The van der Waals surface area contributed by atoms with E-state index in [9.17, 15) is 18.0 Å². The topological polar surface area (TPSA) is 48.5 Å². The first-order chi connectivity index (χ1) is 21.7. The number of nitrogens with zero attached hydrogens (tertiary/aromatic N) is 3. The number of likely N-dealkylation sites (tertiary alicyclic amines) is 2. The average Bonchev–Trinajstić information content (AvgIpc) is 3.05. The van der Waals surface area contributed by atoms with Crippen molar-refractivity contribution in [1.82, 2.24) is 20.1 Å². The number of carbonyl (C=O) groups is 1. The van der Waals surface area contributed by atoms with Crippen molar-refractivity contribution in [1.29, 1.82) is 0 Å². The van der Waals surface area contributed by atoms with Crippen LogP contribution in [0.25, 0.3) is 22.2 Å². The number of rotatable bonds is 7. The lowest BCUT2D eigenvalue weighted by molar-refractivity contribution is -0.137. The first-order valence-corrected chi connectivity index (χ1v) is 16.2. The van der Waals surface area contributed by atoms with Crippen LogP contribution in [-0.2, 0) is 12.7 Å². The van der Waals surface area contributed by atoms with E-state index in [1.807, 2.05) is 43.3 Å². The van der Waals surface area contributed by atoms with Gasteiger partial charge in [0.25, 0.3) is 5.91 Å². The molecule has 2 saturated heterocycles. The van der Waals surface area contributed by atoms with Gasteiger partial charge in [0.1, 0.15) is 0 Å². The number of piperidine rings is 2. The molecule has 6 rings (SSSR count). The zero-order valence-corrected chi connectivity index (χ0v) is 26.2. The van der Waals surface area contributed by atoms with Crippen LogP contribution in [0.5, 0.6) is 0 Å². The largest absolute Gasteiger partial charge is 0.416 e. The van der Waals surface area contributed by atoms with Gasteiger partial charge in [-0.25, -0.2) is 4.98 Å². The smallest absolute Gasteiger partial charge is 0.345 e. The second-order valence-electron chi connectivity index (χ2n) is 12.2. The molecule has 0 saturated carbocycles. The van der Waals surface area contributed by atoms with Crippen molar-refractivity contribution in [2.45, 2.75) is 63.8 Å². The summed E-state index contributed by atoms with van der Waals surface area (Å²) in [6, 6.07) is 20.4. The predicted octanol–water partition coefficient (Wildman–Crippen LogP) is 8.52. The van der Waals surface area contributed by atoms with Crippen LogP contribution in [0, 0.1) is 0 Å². The number of nitrogens with one attached hydrogen (secondary N) is 1. The fourth-order valence-corrected chi connectivity index (χ4v) is 7.05. The highest BCUT2D eigenvalue weighted by Gasteiger charge is 2.32. The van der Waals surface area contributed by atoms with Gasteiger partial charge >= 0.3 is 6.18 Å². The molecule has 0 radical (unpaired) electrons. The Morgan fingerprint density at radius 1 is 0.956 bits per heavy atom. The fourth-order valence-electron chi connectivity index (χ4n) is 6.83. The quantitative estimate of drug-likeness (QED) is 0.221. The predicted molar refractivity (Wildman–Crippen MR) is 173 cm³/mol. The van der Waals surface area contributed by atoms with Crippen molar-refractivity contribution in [3.63, 3.8) is 0 Å². The number of amides is 1. The molecule has 1 atom stereocenters. The molecule has 236 valence electrons. The van der Waals surface area contributed by atoms with Crippen molar-refractivity contribution in [2.75, 3.05) is 26.2 Å². The van der Waals surface area contributed by atoms with Crippen LogP contribution in [0.15, 0.2) is 72.8 Å². The summed E-state index contributed by atoms with van der Waals surface area (Å²) in [6.07, 6.45) is 1.28. The summed E-state index contributed by atoms with van der Waals surface area (Å²) in [5, 5.41) is 4.06. The maximum atomic E-state index is 14.3. The Labute approximate surface area is 267 Å². The Kier molecular flexibility index (Phi) is 9.45. The summed E-state index contributed by atoms with van der Waals surface area (Å²) in [4.78, 5) is 24.1. The van der Waals surface area contributed by atoms with Crippen molar-refractivity contribution >= 4 is 28.4 Å². The highest BCUT2D eigenvalue weighted by atomic mass is 35.5. The molecule has 3 aromatic carbocycles. The highest BCUT2D eigenvalue weighted by Crippen LogP contribution is 2.38. The van der Waals surface area contributed by atoms with Gasteiger partial charge in [0.2, 0.25) is 0 Å². The molecule has 3 heterocycles. The van der Waals surface area contributed by atoms with E-state index in [1.54, 1.807) is 18.2 Å². The average molecular weight is 635 g/mol. The Bertz CT molecular complexity index is 1650. The Hall–Kier alpha value is -3.46. The summed E-state index contributed by atoms with van der Waals surface area (Å²) in [5.41, 5.74) is 2.22. The number of para-hydroxylation sites is 1. The minimum atomic E-state index is -4.52. The van der Waals surface area contributed by atoms with Crippen LogP contribution in [0.3, 0.4) is 0 Å². The van der Waals surface area contributed by atoms with Crippen LogP contribution < -0.4 is 5.32 Å². The van der Waals surface area contributed by atoms with Gasteiger partial charge in [-0.1, -0.05) is 72.6 Å². The molecule has 0 unspecified atom stereocenters. The van der Waals surface area contributed by atoms with E-state index in [-0.39, 0.29) is 11.9 Å². The second kappa shape index (κ2) is 13.5. The van der Waals surface area contributed by atoms with E-state index in [4.69, 9.17) is 16.6 Å². The lowest BCUT2D eigenvalue weighted by Gasteiger charge is -2.40. The molecule has 0 bridgehead atoms. The van der Waals surface area contributed by atoms with E-state index in [1.165, 1.54) is 25.3 Å². The van der Waals surface area contributed by atoms with E-state index in [0.29, 0.717) is 50.9 Å². The van der Waals surface area contributed by atoms with Crippen LogP contribution in [0.1, 0.15) is 72.1 Å². The summed E-state index contributed by atoms with van der Waals surface area (Å²) < 4.78 is 41.6. The van der Waals surface area contributed by atoms with Gasteiger partial charge in [0.15, 0.2) is 0 Å². The molecular weight excluding hydrogens is 597 g/mol. The van der Waals surface area contributed by atoms with Gasteiger partial charge in [-0.05, 0) is 82.5 Å². The number of benzene rings is 3. The molecule has 9 heteroatoms. The first-order valence-electron chi connectivity index (χ1n) is 15.8. The molecule has 2 aliphatic rings. The van der Waals surface area contributed by atoms with Crippen LogP contribution in [-0.4, -0.2) is 52.9 Å². The molecule has 0 spiro atoms. The van der Waals surface area contributed by atoms with E-state index < -0.39 is 11.7 Å². The van der Waals surface area contributed by atoms with Gasteiger partial charge in [0.05, 0.1) is 33.4 Å². The molecule has 1 aromatic heterocycles. The number of halogens is 4. The lowest BCUT2D eigenvalue weighted by atomic mass is 9.93. The van der Waals surface area contributed by atoms with Crippen molar-refractivity contribution in [3.8, 4) is 11.3 Å². The molecule has 5 nitrogen and oxygen atoms in total. The standard InChI is InChI=1S/C36H38ClF3N4O/c1-24(25-10-4-2-5-11-25)41-35(45)32-29-14-9-15-31(37)34(29)42-33(26-12-8-13-27(22-26)36(38,39)40)30(32)23-43-20-16-28(17-21-43)44-18-6-3-7-19-44/h2,4-5,8-15,22,24,28H,3,6-7,16-21,23H2,1H3,(H,41,45)/t24-/m0/s1. The van der Waals surface area contributed by atoms with Crippen LogP contribution in [0.2, 0.25) is 5.02 Å². The number of hydrogen-bond acceptors (Lipinski definition) is 4. The second-order valence-corrected chi connectivity index (χ2v) is 12.6. The third-order valence-electron chi connectivity index (χ3n) is 9.25. The van der Waals surface area contributed by atoms with E-state index in [2.05, 4.69) is 15.1 Å². The van der Waals surface area contributed by atoms with Crippen LogP contribution in [0.4, 0.5) is 13.2 Å². The summed E-state index contributed by atoms with van der Waals surface area (Å²) in [6.45, 7) is 6.25.